The van der Waals surface area contributed by atoms with Gasteiger partial charge in [-0.2, -0.15) is 0 Å². The normalized spacial score (nSPS) is 14.1. The van der Waals surface area contributed by atoms with Gasteiger partial charge in [0.15, 0.2) is 0 Å². The zero-order valence-corrected chi connectivity index (χ0v) is 9.81. The van der Waals surface area contributed by atoms with E-state index >= 15 is 0 Å². The second-order valence-electron chi connectivity index (χ2n) is 3.69. The summed E-state index contributed by atoms with van der Waals surface area (Å²) in [4.78, 5) is 11.3. The van der Waals surface area contributed by atoms with Crippen LogP contribution in [0.15, 0.2) is 0 Å². The summed E-state index contributed by atoms with van der Waals surface area (Å²) < 4.78 is 24.2. The second kappa shape index (κ2) is 5.31. The van der Waals surface area contributed by atoms with Crippen LogP contribution in [0.3, 0.4) is 0 Å². The maximum atomic E-state index is 11.3. The molecule has 0 fully saturated rings. The monoisotopic (exact) mass is 222 g/mol. The van der Waals surface area contributed by atoms with E-state index in [1.165, 1.54) is 7.05 Å². The lowest BCUT2D eigenvalue weighted by Gasteiger charge is -2.17. The molecular weight excluding hydrogens is 204 g/mol. The summed E-state index contributed by atoms with van der Waals surface area (Å²) in [5, 5.41) is 2.43. The zero-order valence-electron chi connectivity index (χ0n) is 8.99. The largest absolute Gasteiger partial charge is 0.358 e. The van der Waals surface area contributed by atoms with Crippen LogP contribution in [0.5, 0.6) is 0 Å². The molecule has 0 bridgehead atoms. The van der Waals surface area contributed by atoms with E-state index in [0.717, 1.165) is 6.26 Å². The fraction of sp³-hybridized carbons (Fsp3) is 0.875. The Morgan fingerprint density at radius 3 is 2.14 bits per heavy atom. The molecule has 84 valence electrons. The van der Waals surface area contributed by atoms with Gasteiger partial charge in [-0.1, -0.05) is 13.8 Å². The molecule has 5 nitrogen and oxygen atoms in total. The van der Waals surface area contributed by atoms with Crippen LogP contribution in [0, 0.1) is 5.92 Å². The number of likely N-dealkylation sites (N-methyl/N-ethyl adjacent to an activating group) is 1. The minimum atomic E-state index is -3.33. The Hall–Kier alpha value is -0.620. The summed E-state index contributed by atoms with van der Waals surface area (Å²) in [7, 11) is -1.85. The third-order valence-electron chi connectivity index (χ3n) is 1.63. The fourth-order valence-corrected chi connectivity index (χ4v) is 1.83. The van der Waals surface area contributed by atoms with E-state index < -0.39 is 16.1 Å². The van der Waals surface area contributed by atoms with Crippen molar-refractivity contribution in [3.63, 3.8) is 0 Å². The summed E-state index contributed by atoms with van der Waals surface area (Å²) in [6.45, 7) is 3.86. The van der Waals surface area contributed by atoms with Crippen molar-refractivity contribution in [3.8, 4) is 0 Å². The number of carbonyl (C=O) groups is 1. The first-order valence-electron chi connectivity index (χ1n) is 4.45. The van der Waals surface area contributed by atoms with Crippen molar-refractivity contribution in [2.24, 2.45) is 5.92 Å². The maximum Gasteiger partial charge on any atom is 0.237 e. The van der Waals surface area contributed by atoms with Gasteiger partial charge in [0.1, 0.15) is 6.04 Å². The minimum absolute atomic E-state index is 0.256. The average molecular weight is 222 g/mol. The van der Waals surface area contributed by atoms with Gasteiger partial charge in [0.05, 0.1) is 6.26 Å². The molecule has 1 atom stereocenters. The Balaban J connectivity index is 4.48. The molecule has 14 heavy (non-hydrogen) atoms. The van der Waals surface area contributed by atoms with Crippen molar-refractivity contribution in [1.29, 1.82) is 0 Å². The van der Waals surface area contributed by atoms with E-state index in [-0.39, 0.29) is 11.8 Å². The summed E-state index contributed by atoms with van der Waals surface area (Å²) in [6, 6.07) is -0.671. The van der Waals surface area contributed by atoms with E-state index in [1.54, 1.807) is 0 Å². The van der Waals surface area contributed by atoms with Crippen molar-refractivity contribution >= 4 is 15.9 Å². The van der Waals surface area contributed by atoms with Crippen LogP contribution in [-0.2, 0) is 14.8 Å². The van der Waals surface area contributed by atoms with Gasteiger partial charge in [-0.15, -0.1) is 0 Å². The Kier molecular flexibility index (Phi) is 5.07. The summed E-state index contributed by atoms with van der Waals surface area (Å²) in [5.74, 6) is -0.0457. The summed E-state index contributed by atoms with van der Waals surface area (Å²) in [6.07, 6.45) is 1.54. The van der Waals surface area contributed by atoms with Gasteiger partial charge in [-0.3, -0.25) is 4.79 Å². The smallest absolute Gasteiger partial charge is 0.237 e. The van der Waals surface area contributed by atoms with Crippen LogP contribution in [-0.4, -0.2) is 33.7 Å². The van der Waals surface area contributed by atoms with Crippen LogP contribution in [0.25, 0.3) is 0 Å². The molecule has 0 saturated carbocycles. The van der Waals surface area contributed by atoms with Gasteiger partial charge in [0.2, 0.25) is 15.9 Å². The SMILES string of the molecule is CNC(=O)C(CC(C)C)NS(C)(=O)=O. The van der Waals surface area contributed by atoms with Crippen molar-refractivity contribution in [2.45, 2.75) is 26.3 Å². The Morgan fingerprint density at radius 1 is 1.36 bits per heavy atom. The standard InChI is InChI=1S/C8H18N2O3S/c1-6(2)5-7(8(11)9-3)10-14(4,12)13/h6-7,10H,5H2,1-4H3,(H,9,11). The van der Waals surface area contributed by atoms with Gasteiger partial charge >= 0.3 is 0 Å². The highest BCUT2D eigenvalue weighted by atomic mass is 32.2. The number of nitrogens with one attached hydrogen (secondary N) is 2. The highest BCUT2D eigenvalue weighted by Gasteiger charge is 2.21. The molecule has 1 amide bonds. The molecule has 0 aliphatic heterocycles. The Bertz CT molecular complexity index is 285. The molecule has 0 saturated heterocycles. The second-order valence-corrected chi connectivity index (χ2v) is 5.47. The van der Waals surface area contributed by atoms with Crippen LogP contribution < -0.4 is 10.0 Å². The van der Waals surface area contributed by atoms with Crippen molar-refractivity contribution in [2.75, 3.05) is 13.3 Å². The molecule has 0 rings (SSSR count). The predicted octanol–water partition coefficient (Wildman–Crippen LogP) is -0.304. The number of rotatable bonds is 5. The molecule has 6 heteroatoms. The maximum absolute atomic E-state index is 11.3. The van der Waals surface area contributed by atoms with E-state index in [0.29, 0.717) is 6.42 Å². The highest BCUT2D eigenvalue weighted by molar-refractivity contribution is 7.88. The first kappa shape index (κ1) is 13.4. The van der Waals surface area contributed by atoms with Gasteiger partial charge in [0, 0.05) is 7.05 Å². The molecular formula is C8H18N2O3S. The van der Waals surface area contributed by atoms with Crippen LogP contribution in [0.4, 0.5) is 0 Å². The summed E-state index contributed by atoms with van der Waals surface area (Å²) in [5.41, 5.74) is 0. The van der Waals surface area contributed by atoms with Gasteiger partial charge in [-0.05, 0) is 12.3 Å². The topological polar surface area (TPSA) is 75.3 Å². The lowest BCUT2D eigenvalue weighted by molar-refractivity contribution is -0.122. The third kappa shape index (κ3) is 5.93. The van der Waals surface area contributed by atoms with Crippen LogP contribution in [0.2, 0.25) is 0 Å². The highest BCUT2D eigenvalue weighted by Crippen LogP contribution is 2.05. The number of sulfonamides is 1. The number of amides is 1. The van der Waals surface area contributed by atoms with Crippen LogP contribution in [0.1, 0.15) is 20.3 Å². The molecule has 1 unspecified atom stereocenters. The van der Waals surface area contributed by atoms with Gasteiger partial charge < -0.3 is 5.32 Å². The Labute approximate surface area is 85.3 Å². The van der Waals surface area contributed by atoms with E-state index in [9.17, 15) is 13.2 Å². The number of carbonyl (C=O) groups excluding carboxylic acids is 1. The molecule has 0 heterocycles. The first-order chi connectivity index (χ1) is 6.26. The van der Waals surface area contributed by atoms with Crippen molar-refractivity contribution in [1.82, 2.24) is 10.0 Å². The van der Waals surface area contributed by atoms with Crippen LogP contribution >= 0.6 is 0 Å². The van der Waals surface area contributed by atoms with Gasteiger partial charge in [-0.25, -0.2) is 13.1 Å². The quantitative estimate of drug-likeness (QED) is 0.670. The molecule has 0 aromatic carbocycles. The molecule has 0 aliphatic carbocycles. The lowest BCUT2D eigenvalue weighted by atomic mass is 10.0. The molecule has 0 aromatic heterocycles. The van der Waals surface area contributed by atoms with Crippen molar-refractivity contribution in [3.05, 3.63) is 0 Å². The minimum Gasteiger partial charge on any atom is -0.358 e. The zero-order chi connectivity index (χ0) is 11.4. The van der Waals surface area contributed by atoms with E-state index in [4.69, 9.17) is 0 Å². The average Bonchev–Trinajstić information content (AvgIpc) is 1.98. The first-order valence-corrected chi connectivity index (χ1v) is 6.34. The van der Waals surface area contributed by atoms with E-state index in [1.807, 2.05) is 13.8 Å². The third-order valence-corrected chi connectivity index (χ3v) is 2.34. The predicted molar refractivity (Wildman–Crippen MR) is 55.3 cm³/mol. The molecule has 2 N–H and O–H groups in total. The van der Waals surface area contributed by atoms with E-state index in [2.05, 4.69) is 10.0 Å². The molecule has 0 radical (unpaired) electrons. The molecule has 0 spiro atoms. The number of hydrogen-bond donors (Lipinski definition) is 2. The van der Waals surface area contributed by atoms with Gasteiger partial charge in [0.25, 0.3) is 0 Å². The molecule has 0 aliphatic rings. The van der Waals surface area contributed by atoms with Crippen molar-refractivity contribution < 1.29 is 13.2 Å². The lowest BCUT2D eigenvalue weighted by Crippen LogP contribution is -2.45. The summed E-state index contributed by atoms with van der Waals surface area (Å²) >= 11 is 0. The number of hydrogen-bond acceptors (Lipinski definition) is 3. The Morgan fingerprint density at radius 2 is 1.86 bits per heavy atom. The fourth-order valence-electron chi connectivity index (χ4n) is 1.11. The molecule has 0 aromatic rings.